The van der Waals surface area contributed by atoms with Crippen molar-refractivity contribution in [1.82, 2.24) is 4.98 Å². The zero-order valence-electron chi connectivity index (χ0n) is 14.7. The van der Waals surface area contributed by atoms with E-state index in [-0.39, 0.29) is 0 Å². The first-order chi connectivity index (χ1) is 13.0. The fourth-order valence-corrected chi connectivity index (χ4v) is 2.64. The van der Waals surface area contributed by atoms with Crippen molar-refractivity contribution in [1.29, 1.82) is 0 Å². The summed E-state index contributed by atoms with van der Waals surface area (Å²) in [6.45, 7) is 1.88. The van der Waals surface area contributed by atoms with Crippen molar-refractivity contribution >= 4 is 34.6 Å². The Balaban J connectivity index is 1.82. The number of ether oxygens (including phenoxy) is 1. The van der Waals surface area contributed by atoms with Crippen LogP contribution >= 0.6 is 11.6 Å². The summed E-state index contributed by atoms with van der Waals surface area (Å²) < 4.78 is 18.6. The van der Waals surface area contributed by atoms with Gasteiger partial charge in [-0.3, -0.25) is 9.78 Å². The number of hydrogen-bond donors (Lipinski definition) is 2. The Bertz CT molecular complexity index is 995. The summed E-state index contributed by atoms with van der Waals surface area (Å²) in [5.41, 5.74) is 2.88. The van der Waals surface area contributed by atoms with E-state index in [1.807, 2.05) is 13.0 Å². The van der Waals surface area contributed by atoms with Gasteiger partial charge in [-0.15, -0.1) is 0 Å². The van der Waals surface area contributed by atoms with E-state index in [0.717, 1.165) is 5.56 Å². The molecule has 0 spiro atoms. The van der Waals surface area contributed by atoms with E-state index in [2.05, 4.69) is 15.6 Å². The van der Waals surface area contributed by atoms with Crippen LogP contribution in [0.1, 0.15) is 15.9 Å². The Morgan fingerprint density at radius 2 is 1.96 bits per heavy atom. The first-order valence-corrected chi connectivity index (χ1v) is 8.47. The van der Waals surface area contributed by atoms with Crippen LogP contribution in [0.3, 0.4) is 0 Å². The molecule has 0 saturated carbocycles. The molecule has 1 heterocycles. The van der Waals surface area contributed by atoms with Crippen molar-refractivity contribution in [2.75, 3.05) is 17.7 Å². The minimum atomic E-state index is -0.424. The molecule has 0 aliphatic carbocycles. The Morgan fingerprint density at radius 1 is 1.15 bits per heavy atom. The third kappa shape index (κ3) is 4.54. The van der Waals surface area contributed by atoms with Crippen molar-refractivity contribution in [3.8, 4) is 5.75 Å². The Morgan fingerprint density at radius 3 is 2.70 bits per heavy atom. The van der Waals surface area contributed by atoms with Crippen molar-refractivity contribution in [3.05, 3.63) is 76.8 Å². The van der Waals surface area contributed by atoms with Crippen molar-refractivity contribution in [3.63, 3.8) is 0 Å². The summed E-state index contributed by atoms with van der Waals surface area (Å²) in [7, 11) is 1.55. The highest BCUT2D eigenvalue weighted by molar-refractivity contribution is 6.31. The van der Waals surface area contributed by atoms with Crippen LogP contribution in [-0.2, 0) is 0 Å². The number of anilines is 3. The van der Waals surface area contributed by atoms with Gasteiger partial charge in [-0.1, -0.05) is 17.7 Å². The Hall–Kier alpha value is -3.12. The van der Waals surface area contributed by atoms with Gasteiger partial charge in [0.2, 0.25) is 0 Å². The molecule has 0 unspecified atom stereocenters. The molecule has 3 aromatic rings. The minimum absolute atomic E-state index is 0.328. The predicted octanol–water partition coefficient (Wildman–Crippen LogP) is 5.19. The molecule has 2 N–H and O–H groups in total. The molecule has 0 aliphatic rings. The summed E-state index contributed by atoms with van der Waals surface area (Å²) in [5, 5.41) is 6.41. The molecule has 0 saturated heterocycles. The number of rotatable bonds is 5. The van der Waals surface area contributed by atoms with Gasteiger partial charge in [0.25, 0.3) is 5.91 Å². The number of pyridine rings is 1. The Kier molecular flexibility index (Phi) is 5.57. The molecule has 5 nitrogen and oxygen atoms in total. The van der Waals surface area contributed by atoms with Crippen LogP contribution in [0.25, 0.3) is 0 Å². The van der Waals surface area contributed by atoms with E-state index >= 15 is 0 Å². The highest BCUT2D eigenvalue weighted by atomic mass is 35.5. The SMILES string of the molecule is COc1cc(Cl)c(C)cc1Nc1cncc(C(=O)Nc2cccc(F)c2)c1. The molecule has 0 fully saturated rings. The highest BCUT2D eigenvalue weighted by Crippen LogP contribution is 2.33. The maximum atomic E-state index is 13.3. The summed E-state index contributed by atoms with van der Waals surface area (Å²) in [5.74, 6) is -0.247. The number of hydrogen-bond acceptors (Lipinski definition) is 4. The van der Waals surface area contributed by atoms with Gasteiger partial charge in [-0.05, 0) is 42.8 Å². The largest absolute Gasteiger partial charge is 0.495 e. The second-order valence-corrected chi connectivity index (χ2v) is 6.26. The number of nitrogens with zero attached hydrogens (tertiary/aromatic N) is 1. The molecule has 3 rings (SSSR count). The van der Waals surface area contributed by atoms with Crippen molar-refractivity contribution in [2.45, 2.75) is 6.92 Å². The lowest BCUT2D eigenvalue weighted by molar-refractivity contribution is 0.102. The average Bonchev–Trinajstić information content (AvgIpc) is 2.65. The quantitative estimate of drug-likeness (QED) is 0.634. The van der Waals surface area contributed by atoms with E-state index in [0.29, 0.717) is 33.4 Å². The van der Waals surface area contributed by atoms with E-state index in [1.54, 1.807) is 31.5 Å². The van der Waals surface area contributed by atoms with Crippen LogP contribution in [0.4, 0.5) is 21.5 Å². The number of amides is 1. The molecular formula is C20H17ClFN3O2. The smallest absolute Gasteiger partial charge is 0.257 e. The number of halogens is 2. The number of carbonyl (C=O) groups excluding carboxylic acids is 1. The van der Waals surface area contributed by atoms with Crippen LogP contribution < -0.4 is 15.4 Å². The number of aryl methyl sites for hydroxylation is 1. The van der Waals surface area contributed by atoms with Gasteiger partial charge in [0.1, 0.15) is 11.6 Å². The molecule has 7 heteroatoms. The van der Waals surface area contributed by atoms with Crippen LogP contribution in [0.15, 0.2) is 54.9 Å². The highest BCUT2D eigenvalue weighted by Gasteiger charge is 2.11. The molecule has 0 bridgehead atoms. The van der Waals surface area contributed by atoms with Gasteiger partial charge in [0.05, 0.1) is 30.2 Å². The van der Waals surface area contributed by atoms with E-state index in [1.165, 1.54) is 24.4 Å². The summed E-state index contributed by atoms with van der Waals surface area (Å²) >= 11 is 6.12. The zero-order chi connectivity index (χ0) is 19.4. The predicted molar refractivity (Wildman–Crippen MR) is 105 cm³/mol. The van der Waals surface area contributed by atoms with Gasteiger partial charge < -0.3 is 15.4 Å². The lowest BCUT2D eigenvalue weighted by Gasteiger charge is -2.13. The second kappa shape index (κ2) is 8.05. The van der Waals surface area contributed by atoms with Crippen LogP contribution in [0.5, 0.6) is 5.75 Å². The monoisotopic (exact) mass is 385 g/mol. The standard InChI is InChI=1S/C20H17ClFN3O2/c1-12-6-18(19(27-2)9-17(12)21)24-16-7-13(10-23-11-16)20(26)25-15-5-3-4-14(22)8-15/h3-11,24H,1-2H3,(H,25,26). The minimum Gasteiger partial charge on any atom is -0.495 e. The van der Waals surface area contributed by atoms with Gasteiger partial charge >= 0.3 is 0 Å². The number of benzene rings is 2. The van der Waals surface area contributed by atoms with Gasteiger partial charge in [0.15, 0.2) is 0 Å². The summed E-state index contributed by atoms with van der Waals surface area (Å²) in [4.78, 5) is 16.5. The van der Waals surface area contributed by atoms with Crippen molar-refractivity contribution < 1.29 is 13.9 Å². The van der Waals surface area contributed by atoms with Crippen LogP contribution in [0, 0.1) is 12.7 Å². The first-order valence-electron chi connectivity index (χ1n) is 8.09. The third-order valence-corrected chi connectivity index (χ3v) is 4.25. The lowest BCUT2D eigenvalue weighted by atomic mass is 10.2. The lowest BCUT2D eigenvalue weighted by Crippen LogP contribution is -2.12. The zero-order valence-corrected chi connectivity index (χ0v) is 15.5. The summed E-state index contributed by atoms with van der Waals surface area (Å²) in [6.07, 6.45) is 3.02. The molecule has 0 atom stereocenters. The number of aromatic nitrogens is 1. The summed E-state index contributed by atoms with van der Waals surface area (Å²) in [6, 6.07) is 10.9. The van der Waals surface area contributed by atoms with E-state index in [9.17, 15) is 9.18 Å². The second-order valence-electron chi connectivity index (χ2n) is 5.85. The molecule has 1 aromatic heterocycles. The van der Waals surface area contributed by atoms with E-state index < -0.39 is 11.7 Å². The van der Waals surface area contributed by atoms with Gasteiger partial charge in [0, 0.05) is 23.0 Å². The number of nitrogens with one attached hydrogen (secondary N) is 2. The third-order valence-electron chi connectivity index (χ3n) is 3.84. The first kappa shape index (κ1) is 18.7. The van der Waals surface area contributed by atoms with Crippen molar-refractivity contribution in [2.24, 2.45) is 0 Å². The number of methoxy groups -OCH3 is 1. The average molecular weight is 386 g/mol. The topological polar surface area (TPSA) is 63.2 Å². The van der Waals surface area contributed by atoms with Gasteiger partial charge in [-0.2, -0.15) is 0 Å². The maximum absolute atomic E-state index is 13.3. The van der Waals surface area contributed by atoms with E-state index in [4.69, 9.17) is 16.3 Å². The van der Waals surface area contributed by atoms with Crippen LogP contribution in [0.2, 0.25) is 5.02 Å². The molecule has 2 aromatic carbocycles. The molecular weight excluding hydrogens is 369 g/mol. The van der Waals surface area contributed by atoms with Gasteiger partial charge in [-0.25, -0.2) is 4.39 Å². The number of carbonyl (C=O) groups is 1. The normalized spacial score (nSPS) is 10.4. The molecule has 0 aliphatic heterocycles. The van der Waals surface area contributed by atoms with Crippen LogP contribution in [-0.4, -0.2) is 18.0 Å². The molecule has 0 radical (unpaired) electrons. The Labute approximate surface area is 161 Å². The maximum Gasteiger partial charge on any atom is 0.257 e. The fourth-order valence-electron chi connectivity index (χ4n) is 2.49. The molecule has 1 amide bonds. The molecule has 138 valence electrons. The fraction of sp³-hybridized carbons (Fsp3) is 0.100. The molecule has 27 heavy (non-hydrogen) atoms.